The Labute approximate surface area is 142 Å². The summed E-state index contributed by atoms with van der Waals surface area (Å²) >= 11 is 0. The molecule has 1 aliphatic heterocycles. The highest BCUT2D eigenvalue weighted by Gasteiger charge is 2.24. The average molecular weight is 336 g/mol. The highest BCUT2D eigenvalue weighted by Crippen LogP contribution is 2.12. The largest absolute Gasteiger partial charge is 0.449 e. The number of carbonyl (C=O) groups is 2. The number of rotatable bonds is 5. The molecule has 0 radical (unpaired) electrons. The molecule has 5 nitrogen and oxygen atoms in total. The van der Waals surface area contributed by atoms with Gasteiger partial charge in [-0.05, 0) is 36.5 Å². The zero-order chi connectivity index (χ0) is 17.5. The highest BCUT2D eigenvalue weighted by molar-refractivity contribution is 5.78. The Hall–Kier alpha value is -2.11. The summed E-state index contributed by atoms with van der Waals surface area (Å²) in [5.41, 5.74) is 0.781. The normalized spacial score (nSPS) is 15.4. The molecule has 1 aliphatic rings. The van der Waals surface area contributed by atoms with Gasteiger partial charge in [0.05, 0.1) is 13.0 Å². The Morgan fingerprint density at radius 2 is 1.88 bits per heavy atom. The van der Waals surface area contributed by atoms with Crippen LogP contribution in [0, 0.1) is 11.7 Å². The molecule has 0 atom stereocenters. The van der Waals surface area contributed by atoms with Crippen LogP contribution in [0.15, 0.2) is 24.3 Å². The number of hydrogen-bond acceptors (Lipinski definition) is 3. The Kier molecular flexibility index (Phi) is 6.58. The molecule has 0 aromatic heterocycles. The molecule has 1 fully saturated rings. The van der Waals surface area contributed by atoms with Gasteiger partial charge in [-0.1, -0.05) is 26.0 Å². The van der Waals surface area contributed by atoms with Gasteiger partial charge in [0.2, 0.25) is 5.91 Å². The fourth-order valence-electron chi connectivity index (χ4n) is 2.60. The molecular weight excluding hydrogens is 311 g/mol. The van der Waals surface area contributed by atoms with E-state index in [9.17, 15) is 14.0 Å². The van der Waals surface area contributed by atoms with Crippen molar-refractivity contribution in [3.05, 3.63) is 35.6 Å². The maximum absolute atomic E-state index is 12.9. The smallest absolute Gasteiger partial charge is 0.409 e. The Balaban J connectivity index is 1.71. The molecule has 1 saturated heterocycles. The minimum Gasteiger partial charge on any atom is -0.449 e. The van der Waals surface area contributed by atoms with Crippen LogP contribution >= 0.6 is 0 Å². The molecule has 0 spiro atoms. The number of ether oxygens (including phenoxy) is 1. The predicted octanol–water partition coefficient (Wildman–Crippen LogP) is 2.74. The minimum atomic E-state index is -0.309. The van der Waals surface area contributed by atoms with E-state index in [1.165, 1.54) is 12.1 Å². The molecule has 0 unspecified atom stereocenters. The van der Waals surface area contributed by atoms with Crippen molar-refractivity contribution in [2.24, 2.45) is 5.92 Å². The van der Waals surface area contributed by atoms with Gasteiger partial charge < -0.3 is 15.0 Å². The third kappa shape index (κ3) is 5.83. The summed E-state index contributed by atoms with van der Waals surface area (Å²) in [5.74, 6) is -0.0736. The van der Waals surface area contributed by atoms with Crippen LogP contribution in [0.5, 0.6) is 0 Å². The summed E-state index contributed by atoms with van der Waals surface area (Å²) in [5, 5.41) is 2.98. The minimum absolute atomic E-state index is 0.0621. The van der Waals surface area contributed by atoms with Gasteiger partial charge in [0.15, 0.2) is 0 Å². The van der Waals surface area contributed by atoms with Crippen LogP contribution in [0.25, 0.3) is 0 Å². The van der Waals surface area contributed by atoms with E-state index in [4.69, 9.17) is 4.74 Å². The number of nitrogens with one attached hydrogen (secondary N) is 1. The average Bonchev–Trinajstić information content (AvgIpc) is 2.55. The van der Waals surface area contributed by atoms with Crippen LogP contribution < -0.4 is 5.32 Å². The van der Waals surface area contributed by atoms with Gasteiger partial charge in [0.25, 0.3) is 0 Å². The van der Waals surface area contributed by atoms with Crippen LogP contribution in [-0.4, -0.2) is 42.6 Å². The first-order valence-electron chi connectivity index (χ1n) is 8.39. The Morgan fingerprint density at radius 3 is 2.46 bits per heavy atom. The van der Waals surface area contributed by atoms with Crippen LogP contribution in [0.3, 0.4) is 0 Å². The molecule has 2 amide bonds. The van der Waals surface area contributed by atoms with Gasteiger partial charge in [0, 0.05) is 19.1 Å². The molecule has 0 saturated carbocycles. The van der Waals surface area contributed by atoms with E-state index in [0.717, 1.165) is 5.56 Å². The first-order valence-corrected chi connectivity index (χ1v) is 8.39. The summed E-state index contributed by atoms with van der Waals surface area (Å²) in [6.45, 7) is 5.58. The van der Waals surface area contributed by atoms with E-state index in [0.29, 0.717) is 38.5 Å². The lowest BCUT2D eigenvalue weighted by molar-refractivity contribution is -0.121. The van der Waals surface area contributed by atoms with Gasteiger partial charge in [-0.2, -0.15) is 0 Å². The molecule has 6 heteroatoms. The molecule has 0 bridgehead atoms. The van der Waals surface area contributed by atoms with E-state index in [2.05, 4.69) is 5.32 Å². The Morgan fingerprint density at radius 1 is 1.25 bits per heavy atom. The van der Waals surface area contributed by atoms with E-state index in [1.54, 1.807) is 17.0 Å². The van der Waals surface area contributed by atoms with E-state index < -0.39 is 0 Å². The number of piperidine rings is 1. The van der Waals surface area contributed by atoms with Crippen molar-refractivity contribution >= 4 is 12.0 Å². The third-order valence-electron chi connectivity index (χ3n) is 3.94. The third-order valence-corrected chi connectivity index (χ3v) is 3.94. The number of hydrogen-bond donors (Lipinski definition) is 1. The quantitative estimate of drug-likeness (QED) is 0.899. The number of benzene rings is 1. The van der Waals surface area contributed by atoms with E-state index in [1.807, 2.05) is 13.8 Å². The molecule has 1 heterocycles. The van der Waals surface area contributed by atoms with Crippen molar-refractivity contribution in [2.45, 2.75) is 39.2 Å². The topological polar surface area (TPSA) is 58.6 Å². The summed E-state index contributed by atoms with van der Waals surface area (Å²) in [7, 11) is 0. The lowest BCUT2D eigenvalue weighted by atomic mass is 10.0. The summed E-state index contributed by atoms with van der Waals surface area (Å²) in [4.78, 5) is 25.6. The predicted molar refractivity (Wildman–Crippen MR) is 89.0 cm³/mol. The molecule has 0 aliphatic carbocycles. The molecular formula is C18H25FN2O3. The molecule has 132 valence electrons. The van der Waals surface area contributed by atoms with Gasteiger partial charge in [-0.25, -0.2) is 9.18 Å². The van der Waals surface area contributed by atoms with Crippen molar-refractivity contribution in [3.8, 4) is 0 Å². The monoisotopic (exact) mass is 336 g/mol. The van der Waals surface area contributed by atoms with Crippen LogP contribution in [-0.2, 0) is 16.0 Å². The second-order valence-electron chi connectivity index (χ2n) is 6.60. The summed E-state index contributed by atoms with van der Waals surface area (Å²) < 4.78 is 18.1. The van der Waals surface area contributed by atoms with E-state index in [-0.39, 0.29) is 30.3 Å². The number of amides is 2. The first kappa shape index (κ1) is 18.2. The van der Waals surface area contributed by atoms with Crippen molar-refractivity contribution in [1.82, 2.24) is 10.2 Å². The lowest BCUT2D eigenvalue weighted by Crippen LogP contribution is -2.47. The van der Waals surface area contributed by atoms with Crippen molar-refractivity contribution in [1.29, 1.82) is 0 Å². The van der Waals surface area contributed by atoms with Gasteiger partial charge >= 0.3 is 6.09 Å². The first-order chi connectivity index (χ1) is 11.4. The van der Waals surface area contributed by atoms with Gasteiger partial charge in [0.1, 0.15) is 5.82 Å². The van der Waals surface area contributed by atoms with Gasteiger partial charge in [-0.3, -0.25) is 4.79 Å². The van der Waals surface area contributed by atoms with Crippen LogP contribution in [0.1, 0.15) is 32.3 Å². The maximum Gasteiger partial charge on any atom is 0.409 e. The molecule has 1 aromatic carbocycles. The fraction of sp³-hybridized carbons (Fsp3) is 0.556. The summed E-state index contributed by atoms with van der Waals surface area (Å²) in [6.07, 6.45) is 1.38. The molecule has 1 N–H and O–H groups in total. The van der Waals surface area contributed by atoms with Crippen LogP contribution in [0.4, 0.5) is 9.18 Å². The standard InChI is InChI=1S/C18H25FN2O3/c1-13(2)12-24-18(23)21-9-7-16(8-10-21)20-17(22)11-14-3-5-15(19)6-4-14/h3-6,13,16H,7-12H2,1-2H3,(H,20,22). The van der Waals surface area contributed by atoms with Crippen molar-refractivity contribution in [2.75, 3.05) is 19.7 Å². The molecule has 2 rings (SSSR count). The maximum atomic E-state index is 12.9. The second kappa shape index (κ2) is 8.66. The number of carbonyl (C=O) groups excluding carboxylic acids is 2. The molecule has 1 aromatic rings. The summed E-state index contributed by atoms with van der Waals surface area (Å²) in [6, 6.07) is 5.99. The van der Waals surface area contributed by atoms with E-state index >= 15 is 0 Å². The number of likely N-dealkylation sites (tertiary alicyclic amines) is 1. The Bertz CT molecular complexity index is 552. The SMILES string of the molecule is CC(C)COC(=O)N1CCC(NC(=O)Cc2ccc(F)cc2)CC1. The van der Waals surface area contributed by atoms with Crippen LogP contribution in [0.2, 0.25) is 0 Å². The zero-order valence-electron chi connectivity index (χ0n) is 14.3. The second-order valence-corrected chi connectivity index (χ2v) is 6.60. The van der Waals surface area contributed by atoms with Crippen molar-refractivity contribution < 1.29 is 18.7 Å². The van der Waals surface area contributed by atoms with Crippen molar-refractivity contribution in [3.63, 3.8) is 0 Å². The number of halogens is 1. The lowest BCUT2D eigenvalue weighted by Gasteiger charge is -2.31. The highest BCUT2D eigenvalue weighted by atomic mass is 19.1. The van der Waals surface area contributed by atoms with Gasteiger partial charge in [-0.15, -0.1) is 0 Å². The number of nitrogens with zero attached hydrogens (tertiary/aromatic N) is 1. The molecule has 24 heavy (non-hydrogen) atoms. The zero-order valence-corrected chi connectivity index (χ0v) is 14.3. The fourth-order valence-corrected chi connectivity index (χ4v) is 2.60.